The Balaban J connectivity index is 1.62. The number of nitriles is 1. The predicted molar refractivity (Wildman–Crippen MR) is 105 cm³/mol. The van der Waals surface area contributed by atoms with E-state index in [0.29, 0.717) is 17.0 Å². The minimum atomic E-state index is -1.31. The number of amides is 4. The van der Waals surface area contributed by atoms with Crippen molar-refractivity contribution in [3.8, 4) is 17.6 Å². The van der Waals surface area contributed by atoms with Gasteiger partial charge in [-0.05, 0) is 30.3 Å². The molecule has 0 spiro atoms. The summed E-state index contributed by atoms with van der Waals surface area (Å²) in [5, 5.41) is 15.0. The molecule has 0 aliphatic carbocycles. The molecule has 1 atom stereocenters. The van der Waals surface area contributed by atoms with E-state index in [0.717, 1.165) is 5.01 Å². The average Bonchev–Trinajstić information content (AvgIpc) is 2.70. The van der Waals surface area contributed by atoms with Crippen molar-refractivity contribution in [3.05, 3.63) is 45.9 Å². The first-order chi connectivity index (χ1) is 14.4. The third-order valence-electron chi connectivity index (χ3n) is 4.24. The van der Waals surface area contributed by atoms with Crippen LogP contribution < -0.4 is 25.8 Å². The van der Waals surface area contributed by atoms with Crippen molar-refractivity contribution < 1.29 is 23.9 Å². The zero-order chi connectivity index (χ0) is 21.4. The van der Waals surface area contributed by atoms with Gasteiger partial charge in [-0.1, -0.05) is 23.2 Å². The molecule has 2 heterocycles. The molecule has 30 heavy (non-hydrogen) atoms. The molecule has 2 aromatic rings. The SMILES string of the molecule is N#CC1C(=O)NC(=O)NN1c1cc(Cl)c(Oc2ccc3c(c2)COC(=O)N3)c(Cl)c1. The molecule has 10 nitrogen and oxygen atoms in total. The molecule has 0 radical (unpaired) electrons. The molecule has 4 amide bonds. The summed E-state index contributed by atoms with van der Waals surface area (Å²) in [7, 11) is 0. The lowest BCUT2D eigenvalue weighted by Crippen LogP contribution is -2.64. The summed E-state index contributed by atoms with van der Waals surface area (Å²) < 4.78 is 10.7. The maximum Gasteiger partial charge on any atom is 0.411 e. The normalized spacial score (nSPS) is 17.7. The highest BCUT2D eigenvalue weighted by Gasteiger charge is 2.34. The molecule has 152 valence electrons. The Labute approximate surface area is 179 Å². The van der Waals surface area contributed by atoms with Crippen LogP contribution in [0.3, 0.4) is 0 Å². The highest BCUT2D eigenvalue weighted by atomic mass is 35.5. The maximum absolute atomic E-state index is 11.9. The number of ether oxygens (including phenoxy) is 2. The number of benzene rings is 2. The standard InChI is InChI=1S/C18H11Cl2N5O5/c19-11-4-9(25-14(6-21)16(26)23-17(27)24-25)5-12(20)15(11)30-10-1-2-13-8(3-10)7-29-18(28)22-13/h1-5,14H,7H2,(H,22,28)(H2,23,24,26,27). The summed E-state index contributed by atoms with van der Waals surface area (Å²) in [6, 6.07) is 7.42. The number of nitrogens with one attached hydrogen (secondary N) is 3. The summed E-state index contributed by atoms with van der Waals surface area (Å²) in [5.74, 6) is -0.258. The van der Waals surface area contributed by atoms with Crippen molar-refractivity contribution in [1.29, 1.82) is 5.26 Å². The van der Waals surface area contributed by atoms with Crippen LogP contribution in [0.1, 0.15) is 5.56 Å². The van der Waals surface area contributed by atoms with E-state index in [1.807, 2.05) is 5.32 Å². The van der Waals surface area contributed by atoms with Gasteiger partial charge in [-0.15, -0.1) is 0 Å². The number of nitrogens with zero attached hydrogens (tertiary/aromatic N) is 2. The van der Waals surface area contributed by atoms with E-state index in [2.05, 4.69) is 10.7 Å². The van der Waals surface area contributed by atoms with Crippen LogP contribution in [0.4, 0.5) is 21.0 Å². The van der Waals surface area contributed by atoms with Crippen molar-refractivity contribution in [1.82, 2.24) is 10.7 Å². The first kappa shape index (κ1) is 19.6. The molecule has 1 saturated heterocycles. The Morgan fingerprint density at radius 1 is 1.13 bits per heavy atom. The lowest BCUT2D eigenvalue weighted by molar-refractivity contribution is -0.121. The molecule has 1 fully saturated rings. The topological polar surface area (TPSA) is 133 Å². The van der Waals surface area contributed by atoms with Gasteiger partial charge in [0, 0.05) is 5.56 Å². The second kappa shape index (κ2) is 7.62. The fraction of sp³-hybridized carbons (Fsp3) is 0.111. The smallest absolute Gasteiger partial charge is 0.411 e. The Kier molecular flexibility index (Phi) is 4.99. The maximum atomic E-state index is 11.9. The second-order valence-electron chi connectivity index (χ2n) is 6.19. The minimum Gasteiger partial charge on any atom is -0.454 e. The zero-order valence-corrected chi connectivity index (χ0v) is 16.4. The molecule has 2 aliphatic heterocycles. The fourth-order valence-electron chi connectivity index (χ4n) is 2.89. The molecule has 0 aromatic heterocycles. The third-order valence-corrected chi connectivity index (χ3v) is 4.80. The second-order valence-corrected chi connectivity index (χ2v) is 7.01. The number of hydrogen-bond donors (Lipinski definition) is 3. The number of hydrazine groups is 1. The molecule has 0 bridgehead atoms. The predicted octanol–water partition coefficient (Wildman–Crippen LogP) is 3.30. The van der Waals surface area contributed by atoms with Crippen LogP contribution in [-0.2, 0) is 16.1 Å². The van der Waals surface area contributed by atoms with Gasteiger partial charge < -0.3 is 9.47 Å². The number of carbonyl (C=O) groups is 3. The number of anilines is 2. The van der Waals surface area contributed by atoms with E-state index < -0.39 is 24.1 Å². The lowest BCUT2D eigenvalue weighted by atomic mass is 10.1. The Bertz CT molecular complexity index is 1110. The van der Waals surface area contributed by atoms with Crippen molar-refractivity contribution in [2.24, 2.45) is 0 Å². The van der Waals surface area contributed by atoms with Crippen LogP contribution in [-0.4, -0.2) is 24.1 Å². The lowest BCUT2D eigenvalue weighted by Gasteiger charge is -2.32. The van der Waals surface area contributed by atoms with Crippen LogP contribution in [0, 0.1) is 11.3 Å². The van der Waals surface area contributed by atoms with E-state index >= 15 is 0 Å². The van der Waals surface area contributed by atoms with Crippen molar-refractivity contribution in [2.45, 2.75) is 12.6 Å². The van der Waals surface area contributed by atoms with Gasteiger partial charge >= 0.3 is 12.1 Å². The monoisotopic (exact) mass is 447 g/mol. The summed E-state index contributed by atoms with van der Waals surface area (Å²) in [6.07, 6.45) is -0.535. The van der Waals surface area contributed by atoms with Gasteiger partial charge in [-0.2, -0.15) is 5.26 Å². The van der Waals surface area contributed by atoms with Crippen LogP contribution in [0.2, 0.25) is 10.0 Å². The number of halogens is 2. The van der Waals surface area contributed by atoms with E-state index in [4.69, 9.17) is 32.7 Å². The molecular weight excluding hydrogens is 437 g/mol. The summed E-state index contributed by atoms with van der Waals surface area (Å²) in [4.78, 5) is 34.7. The van der Waals surface area contributed by atoms with Crippen LogP contribution in [0.15, 0.2) is 30.3 Å². The van der Waals surface area contributed by atoms with Crippen LogP contribution in [0.25, 0.3) is 0 Å². The first-order valence-corrected chi connectivity index (χ1v) is 9.15. The van der Waals surface area contributed by atoms with Gasteiger partial charge in [0.25, 0.3) is 5.91 Å². The quantitative estimate of drug-likeness (QED) is 0.656. The molecule has 0 saturated carbocycles. The van der Waals surface area contributed by atoms with E-state index in [9.17, 15) is 19.6 Å². The largest absolute Gasteiger partial charge is 0.454 e. The van der Waals surface area contributed by atoms with E-state index in [1.165, 1.54) is 12.1 Å². The number of carbonyl (C=O) groups excluding carboxylic acids is 3. The van der Waals surface area contributed by atoms with Gasteiger partial charge in [0.2, 0.25) is 6.04 Å². The van der Waals surface area contributed by atoms with Crippen molar-refractivity contribution in [3.63, 3.8) is 0 Å². The molecule has 3 N–H and O–H groups in total. The Morgan fingerprint density at radius 2 is 1.87 bits per heavy atom. The Hall–Kier alpha value is -3.68. The van der Waals surface area contributed by atoms with E-state index in [-0.39, 0.29) is 28.1 Å². The molecular formula is C18H11Cl2N5O5. The molecule has 2 aromatic carbocycles. The molecule has 2 aliphatic rings. The number of imide groups is 1. The number of fused-ring (bicyclic) bond motifs is 1. The van der Waals surface area contributed by atoms with Crippen molar-refractivity contribution in [2.75, 3.05) is 10.3 Å². The highest BCUT2D eigenvalue weighted by Crippen LogP contribution is 2.40. The van der Waals surface area contributed by atoms with E-state index in [1.54, 1.807) is 24.3 Å². The molecule has 1 unspecified atom stereocenters. The van der Waals surface area contributed by atoms with Gasteiger partial charge in [-0.3, -0.25) is 20.4 Å². The number of cyclic esters (lactones) is 1. The fourth-order valence-corrected chi connectivity index (χ4v) is 3.45. The zero-order valence-electron chi connectivity index (χ0n) is 14.9. The minimum absolute atomic E-state index is 0.0803. The summed E-state index contributed by atoms with van der Waals surface area (Å²) >= 11 is 12.6. The number of urea groups is 1. The van der Waals surface area contributed by atoms with Gasteiger partial charge in [0.05, 0.1) is 27.5 Å². The summed E-state index contributed by atoms with van der Waals surface area (Å²) in [5.41, 5.74) is 3.88. The van der Waals surface area contributed by atoms with Gasteiger partial charge in [-0.25, -0.2) is 15.0 Å². The Morgan fingerprint density at radius 3 is 2.57 bits per heavy atom. The number of hydrogen-bond acceptors (Lipinski definition) is 7. The van der Waals surface area contributed by atoms with Crippen molar-refractivity contribution >= 4 is 52.6 Å². The third kappa shape index (κ3) is 3.63. The molecule has 12 heteroatoms. The van der Waals surface area contributed by atoms with Gasteiger partial charge in [0.15, 0.2) is 5.75 Å². The number of rotatable bonds is 3. The van der Waals surface area contributed by atoms with Gasteiger partial charge in [0.1, 0.15) is 12.4 Å². The molecule has 4 rings (SSSR count). The van der Waals surface area contributed by atoms with Crippen LogP contribution >= 0.6 is 23.2 Å². The summed E-state index contributed by atoms with van der Waals surface area (Å²) in [6.45, 7) is 0.0883. The average molecular weight is 448 g/mol. The van der Waals surface area contributed by atoms with Crippen LogP contribution in [0.5, 0.6) is 11.5 Å². The first-order valence-electron chi connectivity index (χ1n) is 8.39. The highest BCUT2D eigenvalue weighted by molar-refractivity contribution is 6.37.